The molecule has 0 aliphatic heterocycles. The number of carbonyl (C=O) groups excluding carboxylic acids is 1. The normalized spacial score (nSPS) is 10.2. The van der Waals surface area contributed by atoms with Crippen molar-refractivity contribution in [1.82, 2.24) is 9.97 Å². The molecule has 0 unspecified atom stereocenters. The van der Waals surface area contributed by atoms with E-state index in [9.17, 15) is 4.79 Å². The van der Waals surface area contributed by atoms with Crippen LogP contribution in [0.15, 0.2) is 29.0 Å². The zero-order valence-electron chi connectivity index (χ0n) is 10.9. The molecule has 0 atom stereocenters. The van der Waals surface area contributed by atoms with Crippen LogP contribution < -0.4 is 10.6 Å². The Bertz CT molecular complexity index is 565. The van der Waals surface area contributed by atoms with Crippen LogP contribution in [0.3, 0.4) is 0 Å². The maximum atomic E-state index is 12.1. The Labute approximate surface area is 111 Å². The van der Waals surface area contributed by atoms with Crippen LogP contribution in [0.25, 0.3) is 0 Å². The summed E-state index contributed by atoms with van der Waals surface area (Å²) in [5.74, 6) is 0.263. The van der Waals surface area contributed by atoms with Crippen LogP contribution in [0.2, 0.25) is 0 Å². The number of hydrogen-bond donors (Lipinski definition) is 2. The Morgan fingerprint density at radius 3 is 3.00 bits per heavy atom. The van der Waals surface area contributed by atoms with Gasteiger partial charge in [-0.1, -0.05) is 6.92 Å². The summed E-state index contributed by atoms with van der Waals surface area (Å²) in [4.78, 5) is 20.3. The number of aromatic nitrogens is 2. The van der Waals surface area contributed by atoms with Crippen molar-refractivity contribution in [3.63, 3.8) is 0 Å². The van der Waals surface area contributed by atoms with Crippen molar-refractivity contribution in [1.29, 1.82) is 0 Å². The standard InChI is InChI=1S/C13H16N4O2/c1-3-6-14-11-10(5-4-7-15-11)12(18)17-13-16-9(2)8-19-13/h4-5,7-8H,3,6H2,1-2H3,(H,14,15)(H,16,17,18). The van der Waals surface area contributed by atoms with Gasteiger partial charge in [-0.15, -0.1) is 0 Å². The molecule has 0 bridgehead atoms. The summed E-state index contributed by atoms with van der Waals surface area (Å²) in [5.41, 5.74) is 1.18. The number of nitrogens with zero attached hydrogens (tertiary/aromatic N) is 2. The van der Waals surface area contributed by atoms with Crippen molar-refractivity contribution in [2.75, 3.05) is 17.2 Å². The highest BCUT2D eigenvalue weighted by Crippen LogP contribution is 2.14. The first-order valence-electron chi connectivity index (χ1n) is 6.13. The van der Waals surface area contributed by atoms with Gasteiger partial charge in [-0.2, -0.15) is 4.98 Å². The smallest absolute Gasteiger partial charge is 0.301 e. The van der Waals surface area contributed by atoms with Crippen LogP contribution in [0.5, 0.6) is 0 Å². The van der Waals surface area contributed by atoms with E-state index < -0.39 is 0 Å². The number of carbonyl (C=O) groups is 1. The van der Waals surface area contributed by atoms with Gasteiger partial charge in [-0.25, -0.2) is 4.98 Å². The van der Waals surface area contributed by atoms with Crippen molar-refractivity contribution < 1.29 is 9.21 Å². The molecule has 100 valence electrons. The average molecular weight is 260 g/mol. The molecule has 0 radical (unpaired) electrons. The number of aryl methyl sites for hydroxylation is 1. The summed E-state index contributed by atoms with van der Waals surface area (Å²) >= 11 is 0. The van der Waals surface area contributed by atoms with Crippen molar-refractivity contribution in [3.8, 4) is 0 Å². The Kier molecular flexibility index (Phi) is 4.12. The first kappa shape index (κ1) is 13.1. The topological polar surface area (TPSA) is 80.0 Å². The van der Waals surface area contributed by atoms with Gasteiger partial charge >= 0.3 is 6.01 Å². The van der Waals surface area contributed by atoms with E-state index in [1.165, 1.54) is 6.26 Å². The number of nitrogens with one attached hydrogen (secondary N) is 2. The molecule has 19 heavy (non-hydrogen) atoms. The third-order valence-corrected chi connectivity index (χ3v) is 2.43. The van der Waals surface area contributed by atoms with Gasteiger partial charge in [0.15, 0.2) is 0 Å². The molecule has 0 aromatic carbocycles. The Morgan fingerprint density at radius 2 is 2.32 bits per heavy atom. The monoisotopic (exact) mass is 260 g/mol. The lowest BCUT2D eigenvalue weighted by Crippen LogP contribution is -2.16. The summed E-state index contributed by atoms with van der Waals surface area (Å²) in [6, 6.07) is 3.61. The van der Waals surface area contributed by atoms with E-state index in [1.54, 1.807) is 25.3 Å². The first-order valence-corrected chi connectivity index (χ1v) is 6.13. The first-order chi connectivity index (χ1) is 9.20. The van der Waals surface area contributed by atoms with Crippen LogP contribution in [0.1, 0.15) is 29.4 Å². The SMILES string of the molecule is CCCNc1ncccc1C(=O)Nc1nc(C)co1. The molecule has 2 aromatic rings. The van der Waals surface area contributed by atoms with Crippen molar-refractivity contribution in [2.24, 2.45) is 0 Å². The second-order valence-corrected chi connectivity index (χ2v) is 4.07. The third kappa shape index (κ3) is 3.31. The number of oxazole rings is 1. The van der Waals surface area contributed by atoms with E-state index in [4.69, 9.17) is 4.42 Å². The molecule has 0 spiro atoms. The molecular formula is C13H16N4O2. The summed E-state index contributed by atoms with van der Waals surface area (Å²) < 4.78 is 5.09. The van der Waals surface area contributed by atoms with Gasteiger partial charge in [0.05, 0.1) is 11.3 Å². The third-order valence-electron chi connectivity index (χ3n) is 2.43. The Balaban J connectivity index is 2.14. The lowest BCUT2D eigenvalue weighted by molar-refractivity contribution is 0.102. The fourth-order valence-corrected chi connectivity index (χ4v) is 1.55. The average Bonchev–Trinajstić information content (AvgIpc) is 2.82. The molecular weight excluding hydrogens is 244 g/mol. The number of hydrogen-bond acceptors (Lipinski definition) is 5. The summed E-state index contributed by atoms with van der Waals surface area (Å²) in [6.07, 6.45) is 4.08. The molecule has 2 N–H and O–H groups in total. The summed E-state index contributed by atoms with van der Waals surface area (Å²) in [6.45, 7) is 4.60. The predicted molar refractivity (Wildman–Crippen MR) is 72.2 cm³/mol. The van der Waals surface area contributed by atoms with Gasteiger partial charge in [0.2, 0.25) is 0 Å². The van der Waals surface area contributed by atoms with Crippen molar-refractivity contribution >= 4 is 17.7 Å². The predicted octanol–water partition coefficient (Wildman–Crippen LogP) is 2.45. The quantitative estimate of drug-likeness (QED) is 0.863. The summed E-state index contributed by atoms with van der Waals surface area (Å²) in [7, 11) is 0. The van der Waals surface area contributed by atoms with Crippen LogP contribution in [0, 0.1) is 6.92 Å². The molecule has 6 heteroatoms. The molecule has 6 nitrogen and oxygen atoms in total. The second-order valence-electron chi connectivity index (χ2n) is 4.07. The van der Waals surface area contributed by atoms with E-state index in [2.05, 4.69) is 20.6 Å². The maximum absolute atomic E-state index is 12.1. The minimum Gasteiger partial charge on any atom is -0.432 e. The van der Waals surface area contributed by atoms with Gasteiger partial charge in [-0.3, -0.25) is 10.1 Å². The van der Waals surface area contributed by atoms with Gasteiger partial charge < -0.3 is 9.73 Å². The lowest BCUT2D eigenvalue weighted by atomic mass is 10.2. The molecule has 0 saturated carbocycles. The number of amides is 1. The lowest BCUT2D eigenvalue weighted by Gasteiger charge is -2.08. The minimum atomic E-state index is -0.298. The van der Waals surface area contributed by atoms with E-state index >= 15 is 0 Å². The number of rotatable bonds is 5. The van der Waals surface area contributed by atoms with Gasteiger partial charge in [-0.05, 0) is 25.5 Å². The van der Waals surface area contributed by atoms with Crippen LogP contribution in [-0.4, -0.2) is 22.4 Å². The summed E-state index contributed by atoms with van der Waals surface area (Å²) in [5, 5.41) is 5.71. The molecule has 2 rings (SSSR count). The highest BCUT2D eigenvalue weighted by Gasteiger charge is 2.14. The second kappa shape index (κ2) is 5.99. The zero-order chi connectivity index (χ0) is 13.7. The van der Waals surface area contributed by atoms with Crippen molar-refractivity contribution in [3.05, 3.63) is 35.9 Å². The fourth-order valence-electron chi connectivity index (χ4n) is 1.55. The highest BCUT2D eigenvalue weighted by atomic mass is 16.4. The molecule has 0 aliphatic rings. The van der Waals surface area contributed by atoms with E-state index in [-0.39, 0.29) is 11.9 Å². The fraction of sp³-hybridized carbons (Fsp3) is 0.308. The molecule has 1 amide bonds. The molecule has 0 saturated heterocycles. The van der Waals surface area contributed by atoms with Gasteiger partial charge in [0.1, 0.15) is 12.1 Å². The van der Waals surface area contributed by atoms with E-state index in [0.717, 1.165) is 13.0 Å². The Hall–Kier alpha value is -2.37. The van der Waals surface area contributed by atoms with E-state index in [1.807, 2.05) is 6.92 Å². The minimum absolute atomic E-state index is 0.188. The zero-order valence-corrected chi connectivity index (χ0v) is 10.9. The van der Waals surface area contributed by atoms with E-state index in [0.29, 0.717) is 17.1 Å². The van der Waals surface area contributed by atoms with Gasteiger partial charge in [0, 0.05) is 12.7 Å². The molecule has 0 aliphatic carbocycles. The largest absolute Gasteiger partial charge is 0.432 e. The Morgan fingerprint density at radius 1 is 1.47 bits per heavy atom. The van der Waals surface area contributed by atoms with Gasteiger partial charge in [0.25, 0.3) is 5.91 Å². The van der Waals surface area contributed by atoms with Crippen LogP contribution in [-0.2, 0) is 0 Å². The maximum Gasteiger partial charge on any atom is 0.301 e. The number of pyridine rings is 1. The van der Waals surface area contributed by atoms with Crippen LogP contribution >= 0.6 is 0 Å². The molecule has 2 aromatic heterocycles. The molecule has 2 heterocycles. The highest BCUT2D eigenvalue weighted by molar-refractivity contribution is 6.06. The molecule has 0 fully saturated rings. The van der Waals surface area contributed by atoms with Crippen LogP contribution in [0.4, 0.5) is 11.8 Å². The number of anilines is 2. The van der Waals surface area contributed by atoms with Crippen molar-refractivity contribution in [2.45, 2.75) is 20.3 Å².